The molecule has 2 rings (SSSR count). The van der Waals surface area contributed by atoms with Gasteiger partial charge >= 0.3 is 0 Å². The van der Waals surface area contributed by atoms with E-state index in [-0.39, 0.29) is 5.84 Å². The highest BCUT2D eigenvalue weighted by Gasteiger charge is 2.23. The number of aromatic nitrogens is 1. The Morgan fingerprint density at radius 3 is 2.80 bits per heavy atom. The minimum absolute atomic E-state index is 0.114. The normalized spacial score (nSPS) is 17.8. The third kappa shape index (κ3) is 3.39. The van der Waals surface area contributed by atoms with E-state index in [0.717, 1.165) is 44.2 Å². The van der Waals surface area contributed by atoms with Crippen molar-refractivity contribution in [1.29, 1.82) is 0 Å². The minimum Gasteiger partial charge on any atom is -0.409 e. The van der Waals surface area contributed by atoms with Gasteiger partial charge in [-0.2, -0.15) is 0 Å². The number of pyridine rings is 1. The maximum absolute atomic E-state index is 8.86. The van der Waals surface area contributed by atoms with Gasteiger partial charge in [-0.15, -0.1) is 0 Å². The lowest BCUT2D eigenvalue weighted by molar-refractivity contribution is 0.284. The molecule has 0 amide bonds. The van der Waals surface area contributed by atoms with Gasteiger partial charge in [-0.05, 0) is 45.0 Å². The summed E-state index contributed by atoms with van der Waals surface area (Å²) in [4.78, 5) is 8.86. The highest BCUT2D eigenvalue weighted by atomic mass is 16.4. The van der Waals surface area contributed by atoms with Crippen LogP contribution in [-0.4, -0.2) is 54.7 Å². The Balaban J connectivity index is 2.07. The van der Waals surface area contributed by atoms with Crippen molar-refractivity contribution < 1.29 is 5.21 Å². The van der Waals surface area contributed by atoms with Crippen molar-refractivity contribution >= 4 is 11.7 Å². The topological polar surface area (TPSA) is 78.0 Å². The molecule has 1 aliphatic rings. The van der Waals surface area contributed by atoms with E-state index in [1.807, 2.05) is 6.07 Å². The van der Waals surface area contributed by atoms with Gasteiger partial charge in [-0.1, -0.05) is 5.16 Å². The standard InChI is InChI=1S/C14H23N5O/c1-18(2)10-11-5-8-19(9-6-11)14-12(13(15)17-20)4-3-7-16-14/h3-4,7,11,20H,5-6,8-10H2,1-2H3,(H2,15,17). The van der Waals surface area contributed by atoms with Crippen molar-refractivity contribution in [3.05, 3.63) is 23.9 Å². The second-order valence-electron chi connectivity index (χ2n) is 5.55. The third-order valence-electron chi connectivity index (χ3n) is 3.71. The van der Waals surface area contributed by atoms with Gasteiger partial charge in [0.25, 0.3) is 0 Å². The molecule has 0 bridgehead atoms. The predicted octanol–water partition coefficient (Wildman–Crippen LogP) is 0.954. The van der Waals surface area contributed by atoms with Crippen LogP contribution in [0, 0.1) is 5.92 Å². The fourth-order valence-corrected chi connectivity index (χ4v) is 2.75. The maximum Gasteiger partial charge on any atom is 0.173 e. The van der Waals surface area contributed by atoms with Crippen molar-refractivity contribution in [3.63, 3.8) is 0 Å². The summed E-state index contributed by atoms with van der Waals surface area (Å²) in [5.74, 6) is 1.66. The molecule has 0 atom stereocenters. The fourth-order valence-electron chi connectivity index (χ4n) is 2.75. The molecule has 20 heavy (non-hydrogen) atoms. The molecule has 0 spiro atoms. The molecule has 3 N–H and O–H groups in total. The Hall–Kier alpha value is -1.82. The lowest BCUT2D eigenvalue weighted by atomic mass is 9.96. The summed E-state index contributed by atoms with van der Waals surface area (Å²) < 4.78 is 0. The number of oxime groups is 1. The van der Waals surface area contributed by atoms with Gasteiger partial charge < -0.3 is 20.7 Å². The monoisotopic (exact) mass is 277 g/mol. The van der Waals surface area contributed by atoms with Crippen molar-refractivity contribution in [2.45, 2.75) is 12.8 Å². The van der Waals surface area contributed by atoms with Crippen LogP contribution in [0.4, 0.5) is 5.82 Å². The molecule has 2 heterocycles. The van der Waals surface area contributed by atoms with Crippen LogP contribution in [0.3, 0.4) is 0 Å². The van der Waals surface area contributed by atoms with Gasteiger partial charge in [0, 0.05) is 25.8 Å². The summed E-state index contributed by atoms with van der Waals surface area (Å²) >= 11 is 0. The molecule has 0 aromatic carbocycles. The number of anilines is 1. The Morgan fingerprint density at radius 2 is 2.20 bits per heavy atom. The van der Waals surface area contributed by atoms with E-state index in [4.69, 9.17) is 10.9 Å². The van der Waals surface area contributed by atoms with E-state index >= 15 is 0 Å². The van der Waals surface area contributed by atoms with Crippen molar-refractivity contribution in [3.8, 4) is 0 Å². The van der Waals surface area contributed by atoms with Crippen molar-refractivity contribution in [2.24, 2.45) is 16.8 Å². The SMILES string of the molecule is CN(C)CC1CCN(c2ncccc2C(N)=NO)CC1. The van der Waals surface area contributed by atoms with E-state index in [9.17, 15) is 0 Å². The lowest BCUT2D eigenvalue weighted by Crippen LogP contribution is -2.38. The van der Waals surface area contributed by atoms with E-state index in [1.165, 1.54) is 0 Å². The molecule has 6 nitrogen and oxygen atoms in total. The summed E-state index contributed by atoms with van der Waals surface area (Å²) in [6.45, 7) is 3.05. The number of piperidine rings is 1. The van der Waals surface area contributed by atoms with Gasteiger partial charge in [0.1, 0.15) is 5.82 Å². The molecular weight excluding hydrogens is 254 g/mol. The van der Waals surface area contributed by atoms with E-state index < -0.39 is 0 Å². The Kier molecular flexibility index (Phi) is 4.79. The van der Waals surface area contributed by atoms with Crippen LogP contribution in [0.5, 0.6) is 0 Å². The van der Waals surface area contributed by atoms with Crippen molar-refractivity contribution in [2.75, 3.05) is 38.6 Å². The zero-order valence-electron chi connectivity index (χ0n) is 12.2. The van der Waals surface area contributed by atoms with Crippen LogP contribution in [-0.2, 0) is 0 Å². The smallest absolute Gasteiger partial charge is 0.173 e. The van der Waals surface area contributed by atoms with Crippen LogP contribution in [0.25, 0.3) is 0 Å². The number of nitrogens with zero attached hydrogens (tertiary/aromatic N) is 4. The molecule has 1 aromatic rings. The number of rotatable bonds is 4. The number of nitrogens with two attached hydrogens (primary N) is 1. The first-order valence-electron chi connectivity index (χ1n) is 6.94. The summed E-state index contributed by atoms with van der Waals surface area (Å²) in [5, 5.41) is 12.0. The Bertz CT molecular complexity index is 466. The molecule has 6 heteroatoms. The van der Waals surface area contributed by atoms with Gasteiger partial charge in [-0.3, -0.25) is 0 Å². The highest BCUT2D eigenvalue weighted by molar-refractivity contribution is 6.01. The molecule has 0 radical (unpaired) electrons. The fraction of sp³-hybridized carbons (Fsp3) is 0.571. The number of hydrogen-bond donors (Lipinski definition) is 2. The highest BCUT2D eigenvalue weighted by Crippen LogP contribution is 2.24. The second-order valence-corrected chi connectivity index (χ2v) is 5.55. The quantitative estimate of drug-likeness (QED) is 0.371. The number of amidine groups is 1. The first kappa shape index (κ1) is 14.6. The summed E-state index contributed by atoms with van der Waals surface area (Å²) in [7, 11) is 4.23. The third-order valence-corrected chi connectivity index (χ3v) is 3.71. The van der Waals surface area contributed by atoms with Crippen molar-refractivity contribution in [1.82, 2.24) is 9.88 Å². The molecule has 1 aromatic heterocycles. The van der Waals surface area contributed by atoms with Crippen LogP contribution >= 0.6 is 0 Å². The maximum atomic E-state index is 8.86. The van der Waals surface area contributed by atoms with Crippen LogP contribution < -0.4 is 10.6 Å². The molecule has 0 saturated carbocycles. The molecule has 110 valence electrons. The van der Waals surface area contributed by atoms with Crippen LogP contribution in [0.2, 0.25) is 0 Å². The Labute approximate surface area is 119 Å². The molecule has 0 aliphatic carbocycles. The second kappa shape index (κ2) is 6.56. The van der Waals surface area contributed by atoms with Gasteiger partial charge in [0.05, 0.1) is 5.56 Å². The first-order chi connectivity index (χ1) is 9.61. The Morgan fingerprint density at radius 1 is 1.50 bits per heavy atom. The molecule has 0 unspecified atom stereocenters. The average molecular weight is 277 g/mol. The summed E-state index contributed by atoms with van der Waals surface area (Å²) in [5.41, 5.74) is 6.42. The predicted molar refractivity (Wildman–Crippen MR) is 80.2 cm³/mol. The van der Waals surface area contributed by atoms with Gasteiger partial charge in [0.15, 0.2) is 5.84 Å². The van der Waals surface area contributed by atoms with E-state index in [0.29, 0.717) is 5.56 Å². The summed E-state index contributed by atoms with van der Waals surface area (Å²) in [6.07, 6.45) is 4.03. The lowest BCUT2D eigenvalue weighted by Gasteiger charge is -2.34. The summed E-state index contributed by atoms with van der Waals surface area (Å²) in [6, 6.07) is 3.64. The molecular formula is C14H23N5O. The van der Waals surface area contributed by atoms with E-state index in [2.05, 4.69) is 34.0 Å². The van der Waals surface area contributed by atoms with Crippen LogP contribution in [0.15, 0.2) is 23.5 Å². The van der Waals surface area contributed by atoms with Gasteiger partial charge in [0.2, 0.25) is 0 Å². The first-order valence-corrected chi connectivity index (χ1v) is 6.94. The molecule has 1 saturated heterocycles. The molecule has 1 fully saturated rings. The average Bonchev–Trinajstić information content (AvgIpc) is 2.46. The number of hydrogen-bond acceptors (Lipinski definition) is 5. The zero-order chi connectivity index (χ0) is 14.5. The minimum atomic E-state index is 0.114. The zero-order valence-corrected chi connectivity index (χ0v) is 12.2. The largest absolute Gasteiger partial charge is 0.409 e. The van der Waals surface area contributed by atoms with Gasteiger partial charge in [-0.25, -0.2) is 4.98 Å². The van der Waals surface area contributed by atoms with Crippen LogP contribution in [0.1, 0.15) is 18.4 Å². The molecule has 1 aliphatic heterocycles. The van der Waals surface area contributed by atoms with E-state index in [1.54, 1.807) is 12.3 Å².